The molecule has 124 valence electrons. The monoisotopic (exact) mass is 326 g/mol. The fourth-order valence-electron chi connectivity index (χ4n) is 2.90. The molecule has 1 saturated carbocycles. The molecule has 0 radical (unpaired) electrons. The lowest BCUT2D eigenvalue weighted by molar-refractivity contribution is -0.139. The van der Waals surface area contributed by atoms with Crippen molar-refractivity contribution in [2.24, 2.45) is 5.92 Å². The van der Waals surface area contributed by atoms with Gasteiger partial charge in [-0.15, -0.1) is 0 Å². The predicted molar refractivity (Wildman–Crippen MR) is 76.1 cm³/mol. The van der Waals surface area contributed by atoms with Crippen LogP contribution in [-0.2, 0) is 4.79 Å². The summed E-state index contributed by atoms with van der Waals surface area (Å²) < 4.78 is 39.9. The van der Waals surface area contributed by atoms with Gasteiger partial charge in [0.1, 0.15) is 0 Å². The summed E-state index contributed by atoms with van der Waals surface area (Å²) >= 11 is 0. The Balaban J connectivity index is 1.64. The van der Waals surface area contributed by atoms with E-state index in [0.29, 0.717) is 13.1 Å². The van der Waals surface area contributed by atoms with Crippen LogP contribution >= 0.6 is 0 Å². The number of nitrogens with zero attached hydrogens (tertiary/aromatic N) is 2. The number of piperazine rings is 1. The van der Waals surface area contributed by atoms with Gasteiger partial charge in [0.25, 0.3) is 5.91 Å². The molecule has 0 aromatic heterocycles. The number of rotatable bonds is 2. The third kappa shape index (κ3) is 2.92. The second-order valence-electron chi connectivity index (χ2n) is 5.97. The van der Waals surface area contributed by atoms with Gasteiger partial charge in [0, 0.05) is 32.1 Å². The van der Waals surface area contributed by atoms with Crippen molar-refractivity contribution in [2.45, 2.75) is 19.3 Å². The second kappa shape index (κ2) is 6.22. The first-order valence-electron chi connectivity index (χ1n) is 7.70. The zero-order chi connectivity index (χ0) is 16.6. The Hall–Kier alpha value is -2.05. The number of benzene rings is 1. The Labute approximate surface area is 131 Å². The lowest BCUT2D eigenvalue weighted by Crippen LogP contribution is -2.52. The van der Waals surface area contributed by atoms with E-state index in [-0.39, 0.29) is 24.9 Å². The van der Waals surface area contributed by atoms with Crippen LogP contribution in [0.25, 0.3) is 0 Å². The van der Waals surface area contributed by atoms with E-state index in [9.17, 15) is 22.8 Å². The van der Waals surface area contributed by atoms with Gasteiger partial charge in [-0.25, -0.2) is 13.2 Å². The molecule has 0 atom stereocenters. The number of carbonyl (C=O) groups is 2. The van der Waals surface area contributed by atoms with Gasteiger partial charge in [0.05, 0.1) is 5.56 Å². The summed E-state index contributed by atoms with van der Waals surface area (Å²) in [4.78, 5) is 27.5. The van der Waals surface area contributed by atoms with Gasteiger partial charge in [0.2, 0.25) is 5.91 Å². The zero-order valence-corrected chi connectivity index (χ0v) is 12.5. The fraction of sp³-hybridized carbons (Fsp3) is 0.500. The van der Waals surface area contributed by atoms with Gasteiger partial charge >= 0.3 is 0 Å². The number of halogens is 3. The molecule has 1 aliphatic carbocycles. The van der Waals surface area contributed by atoms with E-state index >= 15 is 0 Å². The first-order valence-corrected chi connectivity index (χ1v) is 7.70. The van der Waals surface area contributed by atoms with Crippen molar-refractivity contribution in [1.29, 1.82) is 0 Å². The van der Waals surface area contributed by atoms with Crippen molar-refractivity contribution < 1.29 is 22.8 Å². The number of carbonyl (C=O) groups excluding carboxylic acids is 2. The van der Waals surface area contributed by atoms with Crippen LogP contribution in [0.1, 0.15) is 29.6 Å². The van der Waals surface area contributed by atoms with Crippen molar-refractivity contribution in [1.82, 2.24) is 9.80 Å². The highest BCUT2D eigenvalue weighted by Crippen LogP contribution is 2.28. The second-order valence-corrected chi connectivity index (χ2v) is 5.97. The largest absolute Gasteiger partial charge is 0.339 e. The summed E-state index contributed by atoms with van der Waals surface area (Å²) in [5, 5.41) is 0. The van der Waals surface area contributed by atoms with Crippen LogP contribution in [0, 0.1) is 23.4 Å². The first-order chi connectivity index (χ1) is 11.0. The third-order valence-corrected chi connectivity index (χ3v) is 4.60. The average molecular weight is 326 g/mol. The lowest BCUT2D eigenvalue weighted by atomic mass is 9.84. The summed E-state index contributed by atoms with van der Waals surface area (Å²) in [5.74, 6) is -4.91. The van der Waals surface area contributed by atoms with Gasteiger partial charge in [0.15, 0.2) is 17.5 Å². The number of hydrogen-bond acceptors (Lipinski definition) is 2. The van der Waals surface area contributed by atoms with Gasteiger partial charge in [-0.05, 0) is 25.0 Å². The van der Waals surface area contributed by atoms with Crippen LogP contribution in [0.3, 0.4) is 0 Å². The molecule has 1 aromatic rings. The molecule has 1 aromatic carbocycles. The van der Waals surface area contributed by atoms with E-state index in [1.807, 2.05) is 0 Å². The molecule has 7 heteroatoms. The van der Waals surface area contributed by atoms with Crippen LogP contribution in [-0.4, -0.2) is 47.8 Å². The minimum absolute atomic E-state index is 0.0980. The maximum atomic E-state index is 13.7. The summed E-state index contributed by atoms with van der Waals surface area (Å²) in [6, 6.07) is 1.68. The predicted octanol–water partition coefficient (Wildman–Crippen LogP) is 2.19. The molecule has 0 unspecified atom stereocenters. The first kappa shape index (κ1) is 15.8. The molecule has 3 rings (SSSR count). The SMILES string of the molecule is O=C(c1ccc(F)c(F)c1F)N1CCN(C(=O)C2CCC2)CC1. The van der Waals surface area contributed by atoms with Crippen molar-refractivity contribution in [3.05, 3.63) is 35.1 Å². The minimum atomic E-state index is -1.64. The molecule has 0 N–H and O–H groups in total. The smallest absolute Gasteiger partial charge is 0.257 e. The summed E-state index contributed by atoms with van der Waals surface area (Å²) in [5.41, 5.74) is -0.484. The Kier molecular flexibility index (Phi) is 4.28. The molecule has 2 aliphatic rings. The summed E-state index contributed by atoms with van der Waals surface area (Å²) in [7, 11) is 0. The zero-order valence-electron chi connectivity index (χ0n) is 12.5. The topological polar surface area (TPSA) is 40.6 Å². The van der Waals surface area contributed by atoms with Crippen LogP contribution in [0.5, 0.6) is 0 Å². The number of hydrogen-bond donors (Lipinski definition) is 0. The van der Waals surface area contributed by atoms with Crippen LogP contribution in [0.4, 0.5) is 13.2 Å². The quantitative estimate of drug-likeness (QED) is 0.782. The standard InChI is InChI=1S/C16H17F3N2O2/c17-12-5-4-11(13(18)14(12)19)16(23)21-8-6-20(7-9-21)15(22)10-2-1-3-10/h4-5,10H,1-3,6-9H2. The molecule has 0 spiro atoms. The van der Waals surface area contributed by atoms with Gasteiger partial charge < -0.3 is 9.80 Å². The van der Waals surface area contributed by atoms with Crippen molar-refractivity contribution in [2.75, 3.05) is 26.2 Å². The maximum absolute atomic E-state index is 13.7. The third-order valence-electron chi connectivity index (χ3n) is 4.60. The Bertz CT molecular complexity index is 638. The van der Waals surface area contributed by atoms with Gasteiger partial charge in [-0.1, -0.05) is 6.42 Å². The van der Waals surface area contributed by atoms with Crippen LogP contribution in [0.15, 0.2) is 12.1 Å². The van der Waals surface area contributed by atoms with Crippen LogP contribution < -0.4 is 0 Å². The van der Waals surface area contributed by atoms with E-state index < -0.39 is 28.9 Å². The van der Waals surface area contributed by atoms with Crippen molar-refractivity contribution >= 4 is 11.8 Å². The molecule has 23 heavy (non-hydrogen) atoms. The lowest BCUT2D eigenvalue weighted by Gasteiger charge is -2.38. The van der Waals surface area contributed by atoms with Crippen molar-refractivity contribution in [3.8, 4) is 0 Å². The average Bonchev–Trinajstić information content (AvgIpc) is 2.51. The van der Waals surface area contributed by atoms with E-state index in [1.165, 1.54) is 4.90 Å². The highest BCUT2D eigenvalue weighted by atomic mass is 19.2. The molecule has 1 heterocycles. The van der Waals surface area contributed by atoms with Gasteiger partial charge in [-0.2, -0.15) is 0 Å². The Morgan fingerprint density at radius 3 is 2.09 bits per heavy atom. The van der Waals surface area contributed by atoms with E-state index in [0.717, 1.165) is 31.4 Å². The normalized spacial score (nSPS) is 18.7. The summed E-state index contributed by atoms with van der Waals surface area (Å²) in [6.45, 7) is 1.28. The van der Waals surface area contributed by atoms with Crippen molar-refractivity contribution in [3.63, 3.8) is 0 Å². The molecule has 0 bridgehead atoms. The minimum Gasteiger partial charge on any atom is -0.339 e. The fourth-order valence-corrected chi connectivity index (χ4v) is 2.90. The molecular weight excluding hydrogens is 309 g/mol. The molecule has 2 amide bonds. The van der Waals surface area contributed by atoms with E-state index in [2.05, 4.69) is 0 Å². The molecule has 4 nitrogen and oxygen atoms in total. The molecular formula is C16H17F3N2O2. The van der Waals surface area contributed by atoms with Crippen LogP contribution in [0.2, 0.25) is 0 Å². The highest BCUT2D eigenvalue weighted by Gasteiger charge is 2.33. The maximum Gasteiger partial charge on any atom is 0.257 e. The molecule has 1 aliphatic heterocycles. The molecule has 1 saturated heterocycles. The van der Waals surface area contributed by atoms with E-state index in [4.69, 9.17) is 0 Å². The Morgan fingerprint density at radius 2 is 1.52 bits per heavy atom. The summed E-state index contributed by atoms with van der Waals surface area (Å²) in [6.07, 6.45) is 2.90. The highest BCUT2D eigenvalue weighted by molar-refractivity contribution is 5.94. The number of amides is 2. The van der Waals surface area contributed by atoms with E-state index in [1.54, 1.807) is 4.90 Å². The Morgan fingerprint density at radius 1 is 0.913 bits per heavy atom. The van der Waals surface area contributed by atoms with Gasteiger partial charge in [-0.3, -0.25) is 9.59 Å². The molecule has 2 fully saturated rings.